The largest absolute Gasteiger partial charge is 0.114 e. The number of allylic oxidation sites excluding steroid dienone is 4. The van der Waals surface area contributed by atoms with Gasteiger partial charge in [0.1, 0.15) is 0 Å². The van der Waals surface area contributed by atoms with Crippen molar-refractivity contribution in [1.82, 2.24) is 0 Å². The molecule has 0 aromatic carbocycles. The van der Waals surface area contributed by atoms with E-state index >= 15 is 0 Å². The fraction of sp³-hybridized carbons (Fsp3) is 0.714. The van der Waals surface area contributed by atoms with Gasteiger partial charge in [-0.1, -0.05) is 45.4 Å². The summed E-state index contributed by atoms with van der Waals surface area (Å²) >= 11 is 13.3. The normalized spacial score (nSPS) is 35.3. The van der Waals surface area contributed by atoms with E-state index in [-0.39, 0.29) is 10.3 Å². The summed E-state index contributed by atoms with van der Waals surface area (Å²) in [6.07, 6.45) is 5.16. The third kappa shape index (κ3) is 1.95. The lowest BCUT2D eigenvalue weighted by Crippen LogP contribution is -2.40. The topological polar surface area (TPSA) is 0 Å². The zero-order chi connectivity index (χ0) is 12.6. The zero-order valence-electron chi connectivity index (χ0n) is 11.0. The molecule has 2 unspecified atom stereocenters. The van der Waals surface area contributed by atoms with Crippen molar-refractivity contribution < 1.29 is 0 Å². The van der Waals surface area contributed by atoms with E-state index in [9.17, 15) is 0 Å². The Morgan fingerprint density at radius 1 is 1.12 bits per heavy atom. The van der Waals surface area contributed by atoms with Gasteiger partial charge >= 0.3 is 0 Å². The van der Waals surface area contributed by atoms with Crippen molar-refractivity contribution in [3.8, 4) is 0 Å². The highest BCUT2D eigenvalue weighted by molar-refractivity contribution is 6.34. The van der Waals surface area contributed by atoms with Crippen molar-refractivity contribution in [2.24, 2.45) is 5.41 Å². The molecule has 0 aromatic heterocycles. The van der Waals surface area contributed by atoms with Gasteiger partial charge in [-0.25, -0.2) is 0 Å². The van der Waals surface area contributed by atoms with Gasteiger partial charge in [0, 0.05) is 10.4 Å². The fourth-order valence-corrected chi connectivity index (χ4v) is 3.45. The number of rotatable bonds is 3. The minimum Gasteiger partial charge on any atom is -0.114 e. The molecule has 0 N–H and O–H groups in total. The maximum Gasteiger partial charge on any atom is 0.0705 e. The van der Waals surface area contributed by atoms with Crippen LogP contribution in [0, 0.1) is 5.41 Å². The molecule has 92 valence electrons. The lowest BCUT2D eigenvalue weighted by molar-refractivity contribution is 0.323. The Bertz CT molecular complexity index is 337. The van der Waals surface area contributed by atoms with Crippen LogP contribution < -0.4 is 0 Å². The SMILES string of the molecule is CCC1=CC(C)(Cl)C(C)(CC)C(Cl)=C1CC. The van der Waals surface area contributed by atoms with Crippen molar-refractivity contribution in [2.75, 3.05) is 0 Å². The van der Waals surface area contributed by atoms with Crippen molar-refractivity contribution in [3.05, 3.63) is 22.3 Å². The highest BCUT2D eigenvalue weighted by Crippen LogP contribution is 2.54. The Hall–Kier alpha value is 0.0600. The van der Waals surface area contributed by atoms with Crippen LogP contribution in [0.3, 0.4) is 0 Å². The molecule has 0 fully saturated rings. The van der Waals surface area contributed by atoms with Gasteiger partial charge in [-0.05, 0) is 37.3 Å². The third-order valence-corrected chi connectivity index (χ3v) is 5.27. The molecule has 0 saturated heterocycles. The first-order chi connectivity index (χ1) is 7.34. The van der Waals surface area contributed by atoms with Gasteiger partial charge in [-0.2, -0.15) is 0 Å². The Labute approximate surface area is 110 Å². The second-order valence-electron chi connectivity index (χ2n) is 4.93. The Morgan fingerprint density at radius 2 is 1.69 bits per heavy atom. The molecular weight excluding hydrogens is 239 g/mol. The molecule has 0 saturated carbocycles. The number of hydrogen-bond acceptors (Lipinski definition) is 0. The summed E-state index contributed by atoms with van der Waals surface area (Å²) in [7, 11) is 0. The summed E-state index contributed by atoms with van der Waals surface area (Å²) < 4.78 is 0. The first kappa shape index (κ1) is 14.1. The Morgan fingerprint density at radius 3 is 2.06 bits per heavy atom. The van der Waals surface area contributed by atoms with Crippen LogP contribution >= 0.6 is 23.2 Å². The lowest BCUT2D eigenvalue weighted by atomic mass is 9.68. The van der Waals surface area contributed by atoms with Gasteiger partial charge in [0.25, 0.3) is 0 Å². The maximum absolute atomic E-state index is 6.68. The van der Waals surface area contributed by atoms with Crippen LogP contribution in [-0.4, -0.2) is 4.87 Å². The lowest BCUT2D eigenvalue weighted by Gasteiger charge is -2.44. The van der Waals surface area contributed by atoms with Gasteiger partial charge in [-0.15, -0.1) is 11.6 Å². The van der Waals surface area contributed by atoms with Crippen LogP contribution in [0.2, 0.25) is 0 Å². The van der Waals surface area contributed by atoms with Crippen LogP contribution in [0.15, 0.2) is 22.3 Å². The minimum absolute atomic E-state index is 0.139. The molecule has 0 radical (unpaired) electrons. The van der Waals surface area contributed by atoms with Crippen molar-refractivity contribution >= 4 is 23.2 Å². The number of halogens is 2. The van der Waals surface area contributed by atoms with E-state index in [0.29, 0.717) is 0 Å². The first-order valence-electron chi connectivity index (χ1n) is 6.14. The molecule has 0 heterocycles. The first-order valence-corrected chi connectivity index (χ1v) is 6.89. The average molecular weight is 261 g/mol. The second kappa shape index (κ2) is 4.74. The van der Waals surface area contributed by atoms with Crippen molar-refractivity contribution in [1.29, 1.82) is 0 Å². The van der Waals surface area contributed by atoms with Crippen LogP contribution in [-0.2, 0) is 0 Å². The van der Waals surface area contributed by atoms with Crippen molar-refractivity contribution in [3.63, 3.8) is 0 Å². The summed E-state index contributed by atoms with van der Waals surface area (Å²) in [6.45, 7) is 10.7. The maximum atomic E-state index is 6.68. The molecule has 1 aliphatic rings. The zero-order valence-corrected chi connectivity index (χ0v) is 12.5. The van der Waals surface area contributed by atoms with Gasteiger partial charge in [0.05, 0.1) is 4.87 Å². The smallest absolute Gasteiger partial charge is 0.0705 e. The van der Waals surface area contributed by atoms with Crippen LogP contribution in [0.1, 0.15) is 53.9 Å². The molecule has 2 heteroatoms. The minimum atomic E-state index is -0.372. The molecule has 0 aromatic rings. The highest BCUT2D eigenvalue weighted by atomic mass is 35.5. The molecule has 0 spiro atoms. The molecule has 1 aliphatic carbocycles. The summed E-state index contributed by atoms with van der Waals surface area (Å²) in [5.41, 5.74) is 2.47. The Kier molecular flexibility index (Phi) is 4.18. The molecular formula is C14H22Cl2. The summed E-state index contributed by atoms with van der Waals surface area (Å²) in [4.78, 5) is -0.372. The summed E-state index contributed by atoms with van der Waals surface area (Å²) in [5, 5.41) is 0.967. The van der Waals surface area contributed by atoms with Crippen LogP contribution in [0.25, 0.3) is 0 Å². The van der Waals surface area contributed by atoms with Gasteiger partial charge in [-0.3, -0.25) is 0 Å². The molecule has 1 rings (SSSR count). The van der Waals surface area contributed by atoms with Crippen LogP contribution in [0.5, 0.6) is 0 Å². The highest BCUT2D eigenvalue weighted by Gasteiger charge is 2.46. The third-order valence-electron chi connectivity index (χ3n) is 4.10. The molecule has 0 bridgehead atoms. The molecule has 0 amide bonds. The molecule has 0 nitrogen and oxygen atoms in total. The molecule has 2 atom stereocenters. The quantitative estimate of drug-likeness (QED) is 0.575. The van der Waals surface area contributed by atoms with Gasteiger partial charge in [0.15, 0.2) is 0 Å². The number of hydrogen-bond donors (Lipinski definition) is 0. The van der Waals surface area contributed by atoms with E-state index in [2.05, 4.69) is 40.7 Å². The molecule has 16 heavy (non-hydrogen) atoms. The predicted molar refractivity (Wildman–Crippen MR) is 74.2 cm³/mol. The Balaban J connectivity index is 3.38. The number of alkyl halides is 1. The summed E-state index contributed by atoms with van der Waals surface area (Å²) in [6, 6.07) is 0. The second-order valence-corrected chi connectivity index (χ2v) is 6.09. The van der Waals surface area contributed by atoms with E-state index in [1.807, 2.05) is 0 Å². The van der Waals surface area contributed by atoms with Crippen molar-refractivity contribution in [2.45, 2.75) is 58.8 Å². The average Bonchev–Trinajstić information content (AvgIpc) is 2.25. The predicted octanol–water partition coefficient (Wildman–Crippen LogP) is 5.65. The van der Waals surface area contributed by atoms with E-state index in [4.69, 9.17) is 23.2 Å². The monoisotopic (exact) mass is 260 g/mol. The van der Waals surface area contributed by atoms with Crippen LogP contribution in [0.4, 0.5) is 0 Å². The van der Waals surface area contributed by atoms with E-state index in [1.165, 1.54) is 11.1 Å². The van der Waals surface area contributed by atoms with E-state index in [0.717, 1.165) is 24.3 Å². The fourth-order valence-electron chi connectivity index (χ4n) is 2.46. The summed E-state index contributed by atoms with van der Waals surface area (Å²) in [5.74, 6) is 0. The molecule has 0 aliphatic heterocycles. The van der Waals surface area contributed by atoms with Gasteiger partial charge < -0.3 is 0 Å². The standard InChI is InChI=1S/C14H22Cl2/c1-6-10-9-14(5,16)13(4,8-3)12(15)11(10)7-2/h9H,6-8H2,1-5H3. The van der Waals surface area contributed by atoms with E-state index < -0.39 is 0 Å². The van der Waals surface area contributed by atoms with E-state index in [1.54, 1.807) is 0 Å². The van der Waals surface area contributed by atoms with Gasteiger partial charge in [0.2, 0.25) is 0 Å².